The van der Waals surface area contributed by atoms with Gasteiger partial charge in [0.15, 0.2) is 5.58 Å². The van der Waals surface area contributed by atoms with Crippen molar-refractivity contribution in [2.45, 2.75) is 31.8 Å². The molecule has 28 heavy (non-hydrogen) atoms. The molecular formula is C20H21N3O4S. The van der Waals surface area contributed by atoms with Crippen molar-refractivity contribution in [3.05, 3.63) is 64.3 Å². The predicted molar refractivity (Wildman–Crippen MR) is 108 cm³/mol. The Hall–Kier alpha value is -2.84. The minimum absolute atomic E-state index is 0.0636. The first-order chi connectivity index (χ1) is 13.3. The quantitative estimate of drug-likeness (QED) is 0.559. The second-order valence-corrected chi connectivity index (χ2v) is 8.57. The first kappa shape index (κ1) is 18.5. The van der Waals surface area contributed by atoms with Gasteiger partial charge in [-0.05, 0) is 49.7 Å². The van der Waals surface area contributed by atoms with Crippen LogP contribution in [0.1, 0.15) is 18.2 Å². The molecule has 8 heteroatoms. The van der Waals surface area contributed by atoms with E-state index in [1.807, 2.05) is 39.1 Å². The van der Waals surface area contributed by atoms with E-state index in [9.17, 15) is 13.2 Å². The van der Waals surface area contributed by atoms with Crippen molar-refractivity contribution >= 4 is 32.0 Å². The summed E-state index contributed by atoms with van der Waals surface area (Å²) in [5.74, 6) is -0.494. The van der Waals surface area contributed by atoms with E-state index in [2.05, 4.69) is 15.4 Å². The minimum atomic E-state index is -3.74. The van der Waals surface area contributed by atoms with Gasteiger partial charge < -0.3 is 8.98 Å². The second-order valence-electron chi connectivity index (χ2n) is 6.80. The van der Waals surface area contributed by atoms with Crippen LogP contribution in [0.2, 0.25) is 0 Å². The van der Waals surface area contributed by atoms with E-state index >= 15 is 0 Å². The summed E-state index contributed by atoms with van der Waals surface area (Å²) in [5, 5.41) is 1.07. The van der Waals surface area contributed by atoms with Gasteiger partial charge in [-0.15, -0.1) is 0 Å². The van der Waals surface area contributed by atoms with E-state index in [-0.39, 0.29) is 17.0 Å². The number of hydrogen-bond donors (Lipinski definition) is 1. The van der Waals surface area contributed by atoms with Gasteiger partial charge >= 0.3 is 5.76 Å². The number of benzene rings is 2. The fourth-order valence-corrected chi connectivity index (χ4v) is 4.45. The number of hydrogen-bond acceptors (Lipinski definition) is 4. The summed E-state index contributed by atoms with van der Waals surface area (Å²) in [5.41, 5.74) is 3.95. The fraction of sp³-hybridized carbons (Fsp3) is 0.250. The average Bonchev–Trinajstić information content (AvgIpc) is 3.14. The van der Waals surface area contributed by atoms with Crippen molar-refractivity contribution in [1.82, 2.24) is 13.9 Å². The van der Waals surface area contributed by atoms with E-state index in [1.54, 1.807) is 6.07 Å². The molecule has 0 saturated heterocycles. The van der Waals surface area contributed by atoms with Crippen LogP contribution in [0.5, 0.6) is 0 Å². The van der Waals surface area contributed by atoms with Crippen LogP contribution in [0.4, 0.5) is 0 Å². The van der Waals surface area contributed by atoms with Gasteiger partial charge in [-0.25, -0.2) is 17.9 Å². The highest BCUT2D eigenvalue weighted by Gasteiger charge is 2.17. The van der Waals surface area contributed by atoms with Crippen molar-refractivity contribution in [3.63, 3.8) is 0 Å². The largest absolute Gasteiger partial charge is 0.419 e. The third-order valence-electron chi connectivity index (χ3n) is 5.08. The number of rotatable bonds is 5. The Bertz CT molecular complexity index is 1360. The first-order valence-corrected chi connectivity index (χ1v) is 10.5. The van der Waals surface area contributed by atoms with Crippen molar-refractivity contribution in [2.24, 2.45) is 7.05 Å². The lowest BCUT2D eigenvalue weighted by atomic mass is 10.1. The topological polar surface area (TPSA) is 86.2 Å². The van der Waals surface area contributed by atoms with Gasteiger partial charge in [0.25, 0.3) is 0 Å². The first-order valence-electron chi connectivity index (χ1n) is 8.98. The van der Waals surface area contributed by atoms with Gasteiger partial charge in [-0.2, -0.15) is 0 Å². The van der Waals surface area contributed by atoms with Crippen molar-refractivity contribution in [2.75, 3.05) is 0 Å². The molecular weight excluding hydrogens is 378 g/mol. The Balaban J connectivity index is 1.60. The molecule has 0 aliphatic heterocycles. The molecule has 0 fully saturated rings. The van der Waals surface area contributed by atoms with Gasteiger partial charge in [-0.1, -0.05) is 6.07 Å². The summed E-state index contributed by atoms with van der Waals surface area (Å²) in [6.07, 6.45) is 0. The molecule has 7 nitrogen and oxygen atoms in total. The van der Waals surface area contributed by atoms with Gasteiger partial charge in [0.05, 0.1) is 10.4 Å². The molecule has 0 atom stereocenters. The molecule has 4 aromatic rings. The molecule has 2 heterocycles. The summed E-state index contributed by atoms with van der Waals surface area (Å²) in [4.78, 5) is 11.9. The summed E-state index contributed by atoms with van der Waals surface area (Å²) >= 11 is 0. The molecule has 1 N–H and O–H groups in total. The summed E-state index contributed by atoms with van der Waals surface area (Å²) in [6.45, 7) is 4.48. The van der Waals surface area contributed by atoms with E-state index in [4.69, 9.17) is 4.42 Å². The number of aromatic nitrogens is 2. The second kappa shape index (κ2) is 6.65. The summed E-state index contributed by atoms with van der Waals surface area (Å²) in [7, 11) is -1.74. The molecule has 0 amide bonds. The van der Waals surface area contributed by atoms with Crippen molar-refractivity contribution in [1.29, 1.82) is 0 Å². The lowest BCUT2D eigenvalue weighted by Gasteiger charge is -2.08. The van der Waals surface area contributed by atoms with E-state index in [1.165, 1.54) is 16.7 Å². The Morgan fingerprint density at radius 3 is 2.57 bits per heavy atom. The van der Waals surface area contributed by atoms with Crippen LogP contribution in [0.25, 0.3) is 22.0 Å². The third-order valence-corrected chi connectivity index (χ3v) is 6.48. The minimum Gasteiger partial charge on any atom is -0.408 e. The average molecular weight is 399 g/mol. The molecule has 0 bridgehead atoms. The van der Waals surface area contributed by atoms with E-state index in [0.29, 0.717) is 12.1 Å². The highest BCUT2D eigenvalue weighted by atomic mass is 32.2. The Labute approximate surface area is 162 Å². The van der Waals surface area contributed by atoms with Crippen LogP contribution in [0.3, 0.4) is 0 Å². The van der Waals surface area contributed by atoms with Crippen molar-refractivity contribution in [3.8, 4) is 0 Å². The van der Waals surface area contributed by atoms with Gasteiger partial charge in [-0.3, -0.25) is 4.57 Å². The monoisotopic (exact) mass is 399 g/mol. The Morgan fingerprint density at radius 2 is 1.82 bits per heavy atom. The molecule has 4 rings (SSSR count). The van der Waals surface area contributed by atoms with Gasteiger partial charge in [0.2, 0.25) is 10.0 Å². The lowest BCUT2D eigenvalue weighted by molar-refractivity contribution is 0.512. The van der Waals surface area contributed by atoms with Gasteiger partial charge in [0.1, 0.15) is 0 Å². The molecule has 146 valence electrons. The zero-order chi connectivity index (χ0) is 20.1. The highest BCUT2D eigenvalue weighted by Crippen LogP contribution is 2.21. The summed E-state index contributed by atoms with van der Waals surface area (Å²) < 4.78 is 36.7. The van der Waals surface area contributed by atoms with Crippen LogP contribution in [0.15, 0.2) is 56.6 Å². The van der Waals surface area contributed by atoms with Crippen LogP contribution >= 0.6 is 0 Å². The highest BCUT2D eigenvalue weighted by molar-refractivity contribution is 7.89. The number of fused-ring (bicyclic) bond motifs is 2. The number of nitrogens with one attached hydrogen (secondary N) is 1. The Morgan fingerprint density at radius 1 is 1.07 bits per heavy atom. The van der Waals surface area contributed by atoms with E-state index in [0.717, 1.165) is 22.2 Å². The van der Waals surface area contributed by atoms with E-state index < -0.39 is 15.8 Å². The molecule has 0 unspecified atom stereocenters. The maximum Gasteiger partial charge on any atom is 0.419 e. The number of nitrogens with zero attached hydrogens (tertiary/aromatic N) is 2. The maximum absolute atomic E-state index is 12.7. The van der Waals surface area contributed by atoms with Crippen LogP contribution in [-0.4, -0.2) is 17.6 Å². The van der Waals surface area contributed by atoms with Crippen molar-refractivity contribution < 1.29 is 12.8 Å². The zero-order valence-electron chi connectivity index (χ0n) is 15.9. The molecule has 2 aromatic heterocycles. The predicted octanol–water partition coefficient (Wildman–Crippen LogP) is 2.89. The third kappa shape index (κ3) is 3.04. The SMILES string of the molecule is CCn1c(=O)oc2cc(S(=O)(=O)NCc3ccc4c(c3)cc(C)n4C)ccc21. The smallest absolute Gasteiger partial charge is 0.408 e. The molecule has 0 radical (unpaired) electrons. The molecule has 0 aliphatic carbocycles. The molecule has 0 aliphatic rings. The lowest BCUT2D eigenvalue weighted by Crippen LogP contribution is -2.23. The summed E-state index contributed by atoms with van der Waals surface area (Å²) in [6, 6.07) is 12.4. The number of sulfonamides is 1. The zero-order valence-corrected chi connectivity index (χ0v) is 16.7. The van der Waals surface area contributed by atoms with Crippen LogP contribution < -0.4 is 10.5 Å². The molecule has 0 spiro atoms. The van der Waals surface area contributed by atoms with Crippen LogP contribution in [0, 0.1) is 6.92 Å². The maximum atomic E-state index is 12.7. The normalized spacial score (nSPS) is 12.2. The molecule has 2 aromatic carbocycles. The van der Waals surface area contributed by atoms with Gasteiger partial charge in [0, 0.05) is 42.8 Å². The molecule has 0 saturated carbocycles. The van der Waals surface area contributed by atoms with Crippen LogP contribution in [-0.2, 0) is 30.2 Å². The number of aryl methyl sites for hydroxylation is 3. The Kier molecular flexibility index (Phi) is 4.40. The number of oxazole rings is 1. The standard InChI is InChI=1S/C20H21N3O4S/c1-4-23-18-8-6-16(11-19(18)27-20(23)24)28(25,26)21-12-14-5-7-17-15(10-14)9-13(2)22(17)3/h5-11,21H,4,12H2,1-3H3. The fourth-order valence-electron chi connectivity index (χ4n) is 3.42.